The maximum atomic E-state index is 11.0. The predicted octanol–water partition coefficient (Wildman–Crippen LogP) is 2.64. The molecular weight excluding hydrogens is 244 g/mol. The molecule has 0 bridgehead atoms. The number of carboxylic acid groups (broad SMARTS) is 1. The standard InChI is InChI=1S/C11H9ClN2O3/c12-8-5(11(15)16)3-6(13)7-9(4-1-2-4)14-17-10(7)8/h3-4H,1-2,13H2,(H,15,16). The zero-order valence-corrected chi connectivity index (χ0v) is 9.49. The first-order valence-electron chi connectivity index (χ1n) is 5.20. The van der Waals surface area contributed by atoms with Crippen LogP contribution in [0, 0.1) is 0 Å². The Balaban J connectivity index is 2.33. The van der Waals surface area contributed by atoms with Crippen molar-refractivity contribution in [2.24, 2.45) is 0 Å². The first-order valence-corrected chi connectivity index (χ1v) is 5.58. The lowest BCUT2D eigenvalue weighted by atomic mass is 10.1. The molecule has 1 aromatic carbocycles. The van der Waals surface area contributed by atoms with Gasteiger partial charge in [-0.1, -0.05) is 16.8 Å². The molecule has 1 saturated carbocycles. The summed E-state index contributed by atoms with van der Waals surface area (Å²) in [5, 5.41) is 13.6. The molecule has 0 unspecified atom stereocenters. The van der Waals surface area contributed by atoms with Crippen molar-refractivity contribution < 1.29 is 14.4 Å². The molecule has 5 nitrogen and oxygen atoms in total. The van der Waals surface area contributed by atoms with E-state index in [9.17, 15) is 4.79 Å². The molecule has 0 spiro atoms. The van der Waals surface area contributed by atoms with Crippen molar-refractivity contribution in [1.29, 1.82) is 0 Å². The van der Waals surface area contributed by atoms with Crippen LogP contribution < -0.4 is 5.73 Å². The first-order chi connectivity index (χ1) is 8.09. The van der Waals surface area contributed by atoms with E-state index in [1.54, 1.807) is 0 Å². The third-order valence-electron chi connectivity index (χ3n) is 2.94. The second-order valence-corrected chi connectivity index (χ2v) is 4.56. The van der Waals surface area contributed by atoms with E-state index in [1.807, 2.05) is 0 Å². The van der Waals surface area contributed by atoms with Gasteiger partial charge < -0.3 is 15.4 Å². The monoisotopic (exact) mass is 252 g/mol. The summed E-state index contributed by atoms with van der Waals surface area (Å²) >= 11 is 5.98. The molecule has 0 amide bonds. The number of anilines is 1. The summed E-state index contributed by atoms with van der Waals surface area (Å²) in [6.45, 7) is 0. The lowest BCUT2D eigenvalue weighted by Gasteiger charge is -2.02. The van der Waals surface area contributed by atoms with Gasteiger partial charge in [0.1, 0.15) is 5.02 Å². The number of aromatic carboxylic acids is 1. The zero-order chi connectivity index (χ0) is 12.2. The van der Waals surface area contributed by atoms with Gasteiger partial charge in [-0.25, -0.2) is 4.79 Å². The number of rotatable bonds is 2. The Bertz CT molecular complexity index is 631. The molecule has 88 valence electrons. The predicted molar refractivity (Wildman–Crippen MR) is 62.4 cm³/mol. The Morgan fingerprint density at radius 3 is 2.88 bits per heavy atom. The van der Waals surface area contributed by atoms with Crippen LogP contribution in [0.15, 0.2) is 10.6 Å². The number of nitrogen functional groups attached to an aromatic ring is 1. The van der Waals surface area contributed by atoms with Crippen LogP contribution in [-0.2, 0) is 0 Å². The number of aromatic nitrogens is 1. The van der Waals surface area contributed by atoms with Crippen molar-refractivity contribution in [1.82, 2.24) is 5.16 Å². The van der Waals surface area contributed by atoms with Gasteiger partial charge in [-0.3, -0.25) is 0 Å². The highest BCUT2D eigenvalue weighted by Crippen LogP contribution is 2.45. The second-order valence-electron chi connectivity index (χ2n) is 4.18. The molecule has 1 fully saturated rings. The molecule has 0 atom stereocenters. The van der Waals surface area contributed by atoms with Crippen LogP contribution in [-0.4, -0.2) is 16.2 Å². The van der Waals surface area contributed by atoms with Crippen LogP contribution in [0.25, 0.3) is 11.0 Å². The zero-order valence-electron chi connectivity index (χ0n) is 8.74. The molecule has 1 aliphatic carbocycles. The Morgan fingerprint density at radius 1 is 1.59 bits per heavy atom. The fraction of sp³-hybridized carbons (Fsp3) is 0.273. The average Bonchev–Trinajstić information content (AvgIpc) is 3.02. The summed E-state index contributed by atoms with van der Waals surface area (Å²) < 4.78 is 5.13. The van der Waals surface area contributed by atoms with Gasteiger partial charge in [0, 0.05) is 11.6 Å². The van der Waals surface area contributed by atoms with Gasteiger partial charge >= 0.3 is 5.97 Å². The van der Waals surface area contributed by atoms with Crippen molar-refractivity contribution in [2.45, 2.75) is 18.8 Å². The van der Waals surface area contributed by atoms with E-state index in [-0.39, 0.29) is 16.2 Å². The summed E-state index contributed by atoms with van der Waals surface area (Å²) in [6, 6.07) is 1.36. The second kappa shape index (κ2) is 3.37. The number of halogens is 1. The molecule has 1 heterocycles. The highest BCUT2D eigenvalue weighted by molar-refractivity contribution is 6.38. The van der Waals surface area contributed by atoms with E-state index < -0.39 is 5.97 Å². The number of hydrogen-bond donors (Lipinski definition) is 2. The SMILES string of the molecule is Nc1cc(C(=O)O)c(Cl)c2onc(C3CC3)c12. The molecule has 3 N–H and O–H groups in total. The fourth-order valence-electron chi connectivity index (χ4n) is 1.94. The van der Waals surface area contributed by atoms with Crippen LogP contribution >= 0.6 is 11.6 Å². The van der Waals surface area contributed by atoms with Crippen LogP contribution in [0.3, 0.4) is 0 Å². The summed E-state index contributed by atoms with van der Waals surface area (Å²) in [7, 11) is 0. The van der Waals surface area contributed by atoms with Gasteiger partial charge in [0.15, 0.2) is 5.58 Å². The van der Waals surface area contributed by atoms with Crippen molar-refractivity contribution in [2.75, 3.05) is 5.73 Å². The third kappa shape index (κ3) is 1.46. The van der Waals surface area contributed by atoms with E-state index in [1.165, 1.54) is 6.07 Å². The molecule has 0 aliphatic heterocycles. The fourth-order valence-corrected chi connectivity index (χ4v) is 2.20. The Morgan fingerprint density at radius 2 is 2.29 bits per heavy atom. The molecule has 1 aromatic heterocycles. The summed E-state index contributed by atoms with van der Waals surface area (Å²) in [4.78, 5) is 11.0. The normalized spacial score (nSPS) is 15.4. The molecule has 3 rings (SSSR count). The number of carboxylic acids is 1. The number of benzene rings is 1. The maximum absolute atomic E-state index is 11.0. The topological polar surface area (TPSA) is 89.4 Å². The lowest BCUT2D eigenvalue weighted by molar-refractivity contribution is 0.0697. The molecule has 1 aliphatic rings. The molecule has 17 heavy (non-hydrogen) atoms. The molecular formula is C11H9ClN2O3. The molecule has 0 saturated heterocycles. The average molecular weight is 253 g/mol. The quantitative estimate of drug-likeness (QED) is 0.802. The van der Waals surface area contributed by atoms with Crippen LogP contribution in [0.1, 0.15) is 34.8 Å². The van der Waals surface area contributed by atoms with Gasteiger partial charge in [0.2, 0.25) is 0 Å². The highest BCUT2D eigenvalue weighted by atomic mass is 35.5. The van der Waals surface area contributed by atoms with E-state index in [4.69, 9.17) is 27.0 Å². The summed E-state index contributed by atoms with van der Waals surface area (Å²) in [6.07, 6.45) is 2.11. The lowest BCUT2D eigenvalue weighted by Crippen LogP contribution is -2.00. The van der Waals surface area contributed by atoms with Gasteiger partial charge in [-0.2, -0.15) is 0 Å². The number of nitrogens with two attached hydrogens (primary N) is 1. The number of fused-ring (bicyclic) bond motifs is 1. The minimum atomic E-state index is -1.13. The van der Waals surface area contributed by atoms with Crippen LogP contribution in [0.5, 0.6) is 0 Å². The summed E-state index contributed by atoms with van der Waals surface area (Å²) in [5.74, 6) is -0.765. The smallest absolute Gasteiger partial charge is 0.337 e. The van der Waals surface area contributed by atoms with E-state index in [2.05, 4.69) is 5.16 Å². The first kappa shape index (κ1) is 10.4. The largest absolute Gasteiger partial charge is 0.478 e. The highest BCUT2D eigenvalue weighted by Gasteiger charge is 2.31. The third-order valence-corrected chi connectivity index (χ3v) is 3.31. The van der Waals surface area contributed by atoms with Gasteiger partial charge in [-0.05, 0) is 18.9 Å². The van der Waals surface area contributed by atoms with Crippen molar-refractivity contribution >= 4 is 34.2 Å². The van der Waals surface area contributed by atoms with Gasteiger partial charge in [-0.15, -0.1) is 0 Å². The van der Waals surface area contributed by atoms with Gasteiger partial charge in [0.25, 0.3) is 0 Å². The Hall–Kier alpha value is -1.75. The van der Waals surface area contributed by atoms with Gasteiger partial charge in [0.05, 0.1) is 16.6 Å². The molecule has 6 heteroatoms. The Labute approximate surface area is 101 Å². The minimum Gasteiger partial charge on any atom is -0.478 e. The van der Waals surface area contributed by atoms with Crippen molar-refractivity contribution in [3.63, 3.8) is 0 Å². The van der Waals surface area contributed by atoms with Crippen LogP contribution in [0.4, 0.5) is 5.69 Å². The number of nitrogens with zero attached hydrogens (tertiary/aromatic N) is 1. The van der Waals surface area contributed by atoms with E-state index in [0.29, 0.717) is 17.0 Å². The van der Waals surface area contributed by atoms with E-state index >= 15 is 0 Å². The van der Waals surface area contributed by atoms with E-state index in [0.717, 1.165) is 18.5 Å². The number of carbonyl (C=O) groups is 1. The molecule has 2 aromatic rings. The Kier molecular flexibility index (Phi) is 2.06. The van der Waals surface area contributed by atoms with Crippen molar-refractivity contribution in [3.8, 4) is 0 Å². The summed E-state index contributed by atoms with van der Waals surface area (Å²) in [5.41, 5.74) is 7.20. The maximum Gasteiger partial charge on any atom is 0.337 e. The van der Waals surface area contributed by atoms with Crippen LogP contribution in [0.2, 0.25) is 5.02 Å². The minimum absolute atomic E-state index is 0.0566. The molecule has 0 radical (unpaired) electrons. The van der Waals surface area contributed by atoms with Crippen molar-refractivity contribution in [3.05, 3.63) is 22.3 Å². The number of hydrogen-bond acceptors (Lipinski definition) is 4.